The monoisotopic (exact) mass is 524 g/mol. The van der Waals surface area contributed by atoms with E-state index in [9.17, 15) is 21.6 Å². The number of rotatable bonds is 4. The molecule has 3 aromatic rings. The van der Waals surface area contributed by atoms with Crippen molar-refractivity contribution < 1.29 is 21.6 Å². The third kappa shape index (κ3) is 5.14. The van der Waals surface area contributed by atoms with Crippen LogP contribution in [0.15, 0.2) is 47.4 Å². The van der Waals surface area contributed by atoms with Crippen molar-refractivity contribution in [2.75, 3.05) is 31.1 Å². The molecule has 0 spiro atoms. The largest absolute Gasteiger partial charge is 0.416 e. The Labute approximate surface area is 207 Å². The van der Waals surface area contributed by atoms with Gasteiger partial charge in [0.15, 0.2) is 5.82 Å². The molecule has 11 heteroatoms. The van der Waals surface area contributed by atoms with Gasteiger partial charge in [0.2, 0.25) is 10.0 Å². The summed E-state index contributed by atoms with van der Waals surface area (Å²) in [6.45, 7) is 6.90. The van der Waals surface area contributed by atoms with Gasteiger partial charge < -0.3 is 4.90 Å². The molecule has 0 bridgehead atoms. The molecule has 1 fully saturated rings. The number of anilines is 1. The van der Waals surface area contributed by atoms with E-state index in [1.54, 1.807) is 0 Å². The lowest BCUT2D eigenvalue weighted by Gasteiger charge is -2.34. The maximum absolute atomic E-state index is 13.1. The van der Waals surface area contributed by atoms with Crippen LogP contribution in [0, 0.1) is 20.8 Å². The van der Waals surface area contributed by atoms with E-state index in [1.807, 2.05) is 30.9 Å². The fourth-order valence-corrected chi connectivity index (χ4v) is 5.97. The van der Waals surface area contributed by atoms with Crippen LogP contribution in [0.2, 0.25) is 5.02 Å². The number of hydrogen-bond donors (Lipinski definition) is 0. The van der Waals surface area contributed by atoms with Crippen molar-refractivity contribution in [3.63, 3.8) is 0 Å². The second-order valence-corrected chi connectivity index (χ2v) is 10.9. The van der Waals surface area contributed by atoms with Crippen LogP contribution in [-0.2, 0) is 16.2 Å². The Balaban J connectivity index is 1.49. The average molecular weight is 525 g/mol. The fourth-order valence-electron chi connectivity index (χ4n) is 4.05. The summed E-state index contributed by atoms with van der Waals surface area (Å²) < 4.78 is 66.5. The molecule has 1 aliphatic heterocycles. The van der Waals surface area contributed by atoms with Gasteiger partial charge in [-0.2, -0.15) is 17.5 Å². The van der Waals surface area contributed by atoms with E-state index in [0.717, 1.165) is 38.8 Å². The van der Waals surface area contributed by atoms with Crippen molar-refractivity contribution in [2.45, 2.75) is 31.8 Å². The van der Waals surface area contributed by atoms with Crippen molar-refractivity contribution in [3.05, 3.63) is 69.7 Å². The lowest BCUT2D eigenvalue weighted by atomic mass is 9.99. The van der Waals surface area contributed by atoms with Crippen LogP contribution in [0.3, 0.4) is 0 Å². The van der Waals surface area contributed by atoms with Gasteiger partial charge in [0, 0.05) is 31.7 Å². The zero-order valence-corrected chi connectivity index (χ0v) is 21.0. The third-order valence-electron chi connectivity index (χ3n) is 6.21. The summed E-state index contributed by atoms with van der Waals surface area (Å²) in [4.78, 5) is 1.35. The predicted molar refractivity (Wildman–Crippen MR) is 129 cm³/mol. The van der Waals surface area contributed by atoms with Gasteiger partial charge in [-0.15, -0.1) is 10.2 Å². The van der Waals surface area contributed by atoms with Gasteiger partial charge in [0.25, 0.3) is 0 Å². The number of alkyl halides is 3. The van der Waals surface area contributed by atoms with Gasteiger partial charge in [-0.3, -0.25) is 0 Å². The average Bonchev–Trinajstić information content (AvgIpc) is 2.81. The molecule has 6 nitrogen and oxygen atoms in total. The molecule has 0 saturated carbocycles. The van der Waals surface area contributed by atoms with Crippen LogP contribution < -0.4 is 4.90 Å². The first-order chi connectivity index (χ1) is 16.4. The molecule has 35 heavy (non-hydrogen) atoms. The summed E-state index contributed by atoms with van der Waals surface area (Å²) in [6.07, 6.45) is -4.67. The van der Waals surface area contributed by atoms with Crippen molar-refractivity contribution in [1.82, 2.24) is 14.5 Å². The van der Waals surface area contributed by atoms with E-state index in [-0.39, 0.29) is 18.1 Å². The molecule has 4 rings (SSSR count). The summed E-state index contributed by atoms with van der Waals surface area (Å²) in [7, 11) is -4.20. The molecule has 1 saturated heterocycles. The molecular weight excluding hydrogens is 501 g/mol. The molecule has 2 heterocycles. The van der Waals surface area contributed by atoms with Crippen molar-refractivity contribution in [3.8, 4) is 11.3 Å². The first-order valence-corrected chi connectivity index (χ1v) is 12.7. The summed E-state index contributed by atoms with van der Waals surface area (Å²) in [5, 5.41) is 8.45. The Morgan fingerprint density at radius 2 is 1.51 bits per heavy atom. The van der Waals surface area contributed by atoms with Gasteiger partial charge in [-0.05, 0) is 73.9 Å². The minimum Gasteiger partial charge on any atom is -0.352 e. The summed E-state index contributed by atoms with van der Waals surface area (Å²) >= 11 is 5.97. The highest BCUT2D eigenvalue weighted by Crippen LogP contribution is 2.35. The number of piperazine rings is 1. The van der Waals surface area contributed by atoms with E-state index >= 15 is 0 Å². The van der Waals surface area contributed by atoms with Crippen LogP contribution >= 0.6 is 11.6 Å². The standard InChI is InChI=1S/C24H24ClF3N4O2S/c1-15-12-17(3)19(13-16(15)2)21-6-7-23(30-29-21)31-8-10-32(11-9-31)35(33,34)22-14-18(24(26,27)28)4-5-20(22)25/h4-7,12-14H,8-11H2,1-3H3. The topological polar surface area (TPSA) is 66.4 Å². The van der Waals surface area contributed by atoms with E-state index in [4.69, 9.17) is 11.6 Å². The predicted octanol–water partition coefficient (Wildman–Crippen LogP) is 5.25. The Morgan fingerprint density at radius 1 is 0.857 bits per heavy atom. The molecule has 1 aliphatic rings. The second kappa shape index (κ2) is 9.40. The molecule has 0 amide bonds. The number of hydrogen-bond acceptors (Lipinski definition) is 5. The van der Waals surface area contributed by atoms with Crippen molar-refractivity contribution in [1.29, 1.82) is 0 Å². The molecule has 186 valence electrons. The maximum Gasteiger partial charge on any atom is 0.416 e. The SMILES string of the molecule is Cc1cc(C)c(-c2ccc(N3CCN(S(=O)(=O)c4cc(C(F)(F)F)ccc4Cl)CC3)nn2)cc1C. The normalized spacial score (nSPS) is 15.5. The Morgan fingerprint density at radius 3 is 2.11 bits per heavy atom. The maximum atomic E-state index is 13.1. The molecular formula is C24H24ClF3N4O2S. The minimum atomic E-state index is -4.67. The zero-order chi connectivity index (χ0) is 25.5. The van der Waals surface area contributed by atoms with Crippen LogP contribution in [0.1, 0.15) is 22.3 Å². The van der Waals surface area contributed by atoms with Crippen molar-refractivity contribution in [2.24, 2.45) is 0 Å². The Hall–Kier alpha value is -2.69. The Kier molecular flexibility index (Phi) is 6.82. The summed E-state index contributed by atoms with van der Waals surface area (Å²) in [6, 6.07) is 10.2. The first kappa shape index (κ1) is 25.4. The number of benzene rings is 2. The van der Waals surface area contributed by atoms with Crippen LogP contribution in [-0.4, -0.2) is 49.1 Å². The lowest BCUT2D eigenvalue weighted by Crippen LogP contribution is -2.49. The van der Waals surface area contributed by atoms with Crippen LogP contribution in [0.5, 0.6) is 0 Å². The molecule has 0 aliphatic carbocycles. The highest BCUT2D eigenvalue weighted by molar-refractivity contribution is 7.89. The summed E-state index contributed by atoms with van der Waals surface area (Å²) in [5.41, 5.74) is 4.15. The number of halogens is 4. The Bertz CT molecular complexity index is 1350. The van der Waals surface area contributed by atoms with Gasteiger partial charge in [-0.25, -0.2) is 8.42 Å². The molecule has 0 atom stereocenters. The highest BCUT2D eigenvalue weighted by atomic mass is 35.5. The molecule has 0 radical (unpaired) electrons. The molecule has 2 aromatic carbocycles. The van der Waals surface area contributed by atoms with Crippen LogP contribution in [0.25, 0.3) is 11.3 Å². The van der Waals surface area contributed by atoms with E-state index in [1.165, 1.54) is 5.56 Å². The van der Waals surface area contributed by atoms with Gasteiger partial charge in [0.1, 0.15) is 4.90 Å². The number of aryl methyl sites for hydroxylation is 3. The quantitative estimate of drug-likeness (QED) is 0.466. The van der Waals surface area contributed by atoms with E-state index in [2.05, 4.69) is 29.3 Å². The second-order valence-electron chi connectivity index (χ2n) is 8.56. The summed E-state index contributed by atoms with van der Waals surface area (Å²) in [5.74, 6) is 0.601. The van der Waals surface area contributed by atoms with Gasteiger partial charge in [-0.1, -0.05) is 17.7 Å². The minimum absolute atomic E-state index is 0.0780. The number of nitrogens with zero attached hydrogens (tertiary/aromatic N) is 4. The molecule has 0 unspecified atom stereocenters. The molecule has 1 aromatic heterocycles. The smallest absolute Gasteiger partial charge is 0.352 e. The van der Waals surface area contributed by atoms with Gasteiger partial charge >= 0.3 is 6.18 Å². The molecule has 0 N–H and O–H groups in total. The lowest BCUT2D eigenvalue weighted by molar-refractivity contribution is -0.137. The number of sulfonamides is 1. The zero-order valence-electron chi connectivity index (χ0n) is 19.4. The van der Waals surface area contributed by atoms with Crippen LogP contribution in [0.4, 0.5) is 19.0 Å². The van der Waals surface area contributed by atoms with E-state index in [0.29, 0.717) is 25.0 Å². The highest BCUT2D eigenvalue weighted by Gasteiger charge is 2.35. The third-order valence-corrected chi connectivity index (χ3v) is 8.59. The fraction of sp³-hybridized carbons (Fsp3) is 0.333. The first-order valence-electron chi connectivity index (χ1n) is 10.9. The van der Waals surface area contributed by atoms with E-state index < -0.39 is 26.7 Å². The number of aromatic nitrogens is 2. The van der Waals surface area contributed by atoms with Crippen molar-refractivity contribution >= 4 is 27.4 Å². The van der Waals surface area contributed by atoms with Gasteiger partial charge in [0.05, 0.1) is 16.3 Å².